The average molecular weight is 232 g/mol. The molecule has 1 aromatic carbocycles. The minimum absolute atomic E-state index is 0.375. The second-order valence-electron chi connectivity index (χ2n) is 2.84. The van der Waals surface area contributed by atoms with E-state index in [1.54, 1.807) is 18.2 Å². The lowest BCUT2D eigenvalue weighted by Crippen LogP contribution is -2.23. The third-order valence-corrected chi connectivity index (χ3v) is 2.58. The standard InChI is InChI=1S/C9H7Cl2NO2/c10-6-2-1-3-7(11)8(6)12-4-5-14-9(12)13/h1-3H,4-5H2. The van der Waals surface area contributed by atoms with Gasteiger partial charge in [0.25, 0.3) is 0 Å². The summed E-state index contributed by atoms with van der Waals surface area (Å²) in [6.45, 7) is 0.864. The molecule has 2 rings (SSSR count). The highest BCUT2D eigenvalue weighted by molar-refractivity contribution is 6.39. The smallest absolute Gasteiger partial charge is 0.414 e. The Morgan fingerprint density at radius 1 is 1.29 bits per heavy atom. The van der Waals surface area contributed by atoms with Crippen molar-refractivity contribution in [1.29, 1.82) is 0 Å². The van der Waals surface area contributed by atoms with Crippen LogP contribution in [-0.2, 0) is 4.74 Å². The second kappa shape index (κ2) is 3.67. The minimum Gasteiger partial charge on any atom is -0.447 e. The zero-order chi connectivity index (χ0) is 10.1. The summed E-state index contributed by atoms with van der Waals surface area (Å²) < 4.78 is 4.80. The zero-order valence-corrected chi connectivity index (χ0v) is 8.68. The highest BCUT2D eigenvalue weighted by Crippen LogP contribution is 2.34. The van der Waals surface area contributed by atoms with Crippen LogP contribution in [0.1, 0.15) is 0 Å². The normalized spacial score (nSPS) is 15.9. The van der Waals surface area contributed by atoms with Crippen molar-refractivity contribution in [2.24, 2.45) is 0 Å². The van der Waals surface area contributed by atoms with Crippen LogP contribution in [0.3, 0.4) is 0 Å². The van der Waals surface area contributed by atoms with E-state index < -0.39 is 6.09 Å². The zero-order valence-electron chi connectivity index (χ0n) is 7.17. The predicted molar refractivity (Wildman–Crippen MR) is 55.2 cm³/mol. The van der Waals surface area contributed by atoms with E-state index in [2.05, 4.69) is 0 Å². The van der Waals surface area contributed by atoms with E-state index in [1.807, 2.05) is 0 Å². The fourth-order valence-electron chi connectivity index (χ4n) is 1.34. The molecule has 0 aromatic heterocycles. The number of rotatable bonds is 1. The van der Waals surface area contributed by atoms with Gasteiger partial charge in [0.2, 0.25) is 0 Å². The summed E-state index contributed by atoms with van der Waals surface area (Å²) in [7, 11) is 0. The number of hydrogen-bond acceptors (Lipinski definition) is 2. The van der Waals surface area contributed by atoms with E-state index in [-0.39, 0.29) is 0 Å². The van der Waals surface area contributed by atoms with Gasteiger partial charge in [0.05, 0.1) is 22.3 Å². The molecule has 74 valence electrons. The number of carbonyl (C=O) groups is 1. The maximum atomic E-state index is 11.3. The van der Waals surface area contributed by atoms with Gasteiger partial charge < -0.3 is 4.74 Å². The number of ether oxygens (including phenoxy) is 1. The molecule has 0 radical (unpaired) electrons. The van der Waals surface area contributed by atoms with E-state index in [0.717, 1.165) is 0 Å². The Balaban J connectivity index is 2.44. The topological polar surface area (TPSA) is 29.5 Å². The third kappa shape index (κ3) is 1.53. The van der Waals surface area contributed by atoms with Crippen molar-refractivity contribution in [1.82, 2.24) is 0 Å². The highest BCUT2D eigenvalue weighted by Gasteiger charge is 2.27. The number of nitrogens with zero attached hydrogens (tertiary/aromatic N) is 1. The van der Waals surface area contributed by atoms with Crippen LogP contribution in [0.5, 0.6) is 0 Å². The number of amides is 1. The first-order valence-corrected chi connectivity index (χ1v) is 4.84. The molecule has 0 saturated carbocycles. The van der Waals surface area contributed by atoms with Crippen LogP contribution in [0.15, 0.2) is 18.2 Å². The van der Waals surface area contributed by atoms with Crippen molar-refractivity contribution in [3.05, 3.63) is 28.2 Å². The van der Waals surface area contributed by atoms with Crippen LogP contribution >= 0.6 is 23.2 Å². The second-order valence-corrected chi connectivity index (χ2v) is 3.65. The summed E-state index contributed by atoms with van der Waals surface area (Å²) in [5, 5.41) is 0.910. The molecule has 1 fully saturated rings. The Hall–Kier alpha value is -0.930. The van der Waals surface area contributed by atoms with Gasteiger partial charge in [0, 0.05) is 0 Å². The average Bonchev–Trinajstić information content (AvgIpc) is 2.52. The van der Waals surface area contributed by atoms with Gasteiger partial charge in [-0.1, -0.05) is 29.3 Å². The van der Waals surface area contributed by atoms with E-state index in [4.69, 9.17) is 27.9 Å². The fraction of sp³-hybridized carbons (Fsp3) is 0.222. The molecule has 0 spiro atoms. The van der Waals surface area contributed by atoms with Crippen molar-refractivity contribution >= 4 is 35.0 Å². The van der Waals surface area contributed by atoms with Crippen molar-refractivity contribution in [3.8, 4) is 0 Å². The molecule has 0 unspecified atom stereocenters. The molecule has 14 heavy (non-hydrogen) atoms. The van der Waals surface area contributed by atoms with Crippen LogP contribution in [-0.4, -0.2) is 19.2 Å². The molecule has 0 aliphatic carbocycles. The van der Waals surface area contributed by atoms with Gasteiger partial charge in [0.15, 0.2) is 0 Å². The number of halogens is 2. The lowest BCUT2D eigenvalue weighted by molar-refractivity contribution is 0.181. The van der Waals surface area contributed by atoms with E-state index >= 15 is 0 Å². The molecule has 1 aromatic rings. The molecular formula is C9H7Cl2NO2. The lowest BCUT2D eigenvalue weighted by Gasteiger charge is -2.15. The first-order valence-electron chi connectivity index (χ1n) is 4.08. The summed E-state index contributed by atoms with van der Waals surface area (Å²) in [6.07, 6.45) is -0.403. The molecule has 1 saturated heterocycles. The van der Waals surface area contributed by atoms with E-state index in [9.17, 15) is 4.79 Å². The molecule has 0 N–H and O–H groups in total. The molecule has 0 atom stereocenters. The number of para-hydroxylation sites is 1. The summed E-state index contributed by atoms with van der Waals surface area (Å²) in [5.74, 6) is 0. The van der Waals surface area contributed by atoms with Crippen molar-refractivity contribution < 1.29 is 9.53 Å². The molecule has 1 amide bonds. The molecule has 5 heteroatoms. The molecule has 1 aliphatic heterocycles. The maximum absolute atomic E-state index is 11.3. The van der Waals surface area contributed by atoms with Gasteiger partial charge in [-0.25, -0.2) is 4.79 Å². The third-order valence-electron chi connectivity index (χ3n) is 1.97. The number of anilines is 1. The van der Waals surface area contributed by atoms with Crippen molar-refractivity contribution in [3.63, 3.8) is 0 Å². The van der Waals surface area contributed by atoms with Gasteiger partial charge in [-0.3, -0.25) is 4.90 Å². The summed E-state index contributed by atoms with van der Waals surface area (Å²) in [6, 6.07) is 5.11. The van der Waals surface area contributed by atoms with Crippen LogP contribution in [0.25, 0.3) is 0 Å². The Bertz CT molecular complexity index is 361. The van der Waals surface area contributed by atoms with Crippen LogP contribution in [0.2, 0.25) is 10.0 Å². The first kappa shape index (κ1) is 9.62. The molecule has 1 heterocycles. The summed E-state index contributed by atoms with van der Waals surface area (Å²) >= 11 is 11.9. The fourth-order valence-corrected chi connectivity index (χ4v) is 1.94. The van der Waals surface area contributed by atoms with Crippen LogP contribution in [0.4, 0.5) is 10.5 Å². The SMILES string of the molecule is O=C1OCCN1c1c(Cl)cccc1Cl. The number of cyclic esters (lactones) is 1. The molecule has 1 aliphatic rings. The first-order chi connectivity index (χ1) is 6.70. The number of carbonyl (C=O) groups excluding carboxylic acids is 1. The maximum Gasteiger partial charge on any atom is 0.414 e. The van der Waals surface area contributed by atoms with Gasteiger partial charge in [0.1, 0.15) is 6.61 Å². The van der Waals surface area contributed by atoms with Gasteiger partial charge in [-0.15, -0.1) is 0 Å². The van der Waals surface area contributed by atoms with Crippen molar-refractivity contribution in [2.75, 3.05) is 18.1 Å². The largest absolute Gasteiger partial charge is 0.447 e. The molecule has 3 nitrogen and oxygen atoms in total. The predicted octanol–water partition coefficient (Wildman–Crippen LogP) is 2.95. The highest BCUT2D eigenvalue weighted by atomic mass is 35.5. The molecule has 0 bridgehead atoms. The number of hydrogen-bond donors (Lipinski definition) is 0. The minimum atomic E-state index is -0.403. The molecular weight excluding hydrogens is 225 g/mol. The van der Waals surface area contributed by atoms with Crippen LogP contribution < -0.4 is 4.90 Å². The lowest BCUT2D eigenvalue weighted by atomic mass is 10.3. The monoisotopic (exact) mass is 231 g/mol. The van der Waals surface area contributed by atoms with Gasteiger partial charge in [-0.05, 0) is 12.1 Å². The number of benzene rings is 1. The quantitative estimate of drug-likeness (QED) is 0.744. The van der Waals surface area contributed by atoms with Gasteiger partial charge in [-0.2, -0.15) is 0 Å². The van der Waals surface area contributed by atoms with Crippen LogP contribution in [0, 0.1) is 0 Å². The van der Waals surface area contributed by atoms with Crippen molar-refractivity contribution in [2.45, 2.75) is 0 Å². The van der Waals surface area contributed by atoms with Gasteiger partial charge >= 0.3 is 6.09 Å². The Morgan fingerprint density at radius 3 is 2.43 bits per heavy atom. The summed E-state index contributed by atoms with van der Waals surface area (Å²) in [4.78, 5) is 12.7. The van der Waals surface area contributed by atoms with E-state index in [0.29, 0.717) is 28.9 Å². The van der Waals surface area contributed by atoms with E-state index in [1.165, 1.54) is 4.90 Å². The Morgan fingerprint density at radius 2 is 1.93 bits per heavy atom. The Kier molecular flexibility index (Phi) is 2.52. The Labute approximate surface area is 91.2 Å². The summed E-state index contributed by atoms with van der Waals surface area (Å²) in [5.41, 5.74) is 0.526.